The van der Waals surface area contributed by atoms with Crippen molar-refractivity contribution in [2.75, 3.05) is 19.6 Å². The van der Waals surface area contributed by atoms with Crippen LogP contribution < -0.4 is 5.73 Å². The molecule has 1 aliphatic rings. The third-order valence-electron chi connectivity index (χ3n) is 3.70. The van der Waals surface area contributed by atoms with Crippen LogP contribution in [-0.2, 0) is 17.8 Å². The quantitative estimate of drug-likeness (QED) is 0.852. The summed E-state index contributed by atoms with van der Waals surface area (Å²) in [7, 11) is 0. The van der Waals surface area contributed by atoms with Gasteiger partial charge >= 0.3 is 0 Å². The van der Waals surface area contributed by atoms with E-state index in [1.165, 1.54) is 0 Å². The van der Waals surface area contributed by atoms with Crippen LogP contribution >= 0.6 is 0 Å². The second-order valence-corrected chi connectivity index (χ2v) is 5.42. The summed E-state index contributed by atoms with van der Waals surface area (Å²) in [6, 6.07) is 2.32. The summed E-state index contributed by atoms with van der Waals surface area (Å²) >= 11 is 0. The molecule has 0 saturated carbocycles. The maximum Gasteiger partial charge on any atom is 0.152 e. The molecule has 5 heteroatoms. The van der Waals surface area contributed by atoms with E-state index in [2.05, 4.69) is 10.00 Å². The summed E-state index contributed by atoms with van der Waals surface area (Å²) in [5.74, 6) is 0.269. The number of piperidine rings is 1. The molecule has 2 N–H and O–H groups in total. The summed E-state index contributed by atoms with van der Waals surface area (Å²) in [6.45, 7) is 7.26. The molecule has 0 amide bonds. The number of hydrogen-bond donors (Lipinski definition) is 1. The molecule has 0 aromatic carbocycles. The van der Waals surface area contributed by atoms with Crippen LogP contribution in [-0.4, -0.2) is 46.1 Å². The van der Waals surface area contributed by atoms with Crippen molar-refractivity contribution >= 4 is 5.78 Å². The highest BCUT2D eigenvalue weighted by Gasteiger charge is 2.19. The van der Waals surface area contributed by atoms with E-state index in [-0.39, 0.29) is 5.78 Å². The van der Waals surface area contributed by atoms with Crippen LogP contribution in [0.1, 0.15) is 31.2 Å². The van der Waals surface area contributed by atoms with Gasteiger partial charge in [-0.3, -0.25) is 14.4 Å². The molecule has 0 bridgehead atoms. The van der Waals surface area contributed by atoms with Crippen molar-refractivity contribution in [3.8, 4) is 0 Å². The number of carbonyl (C=O) groups excluding carboxylic acids is 1. The zero-order valence-corrected chi connectivity index (χ0v) is 11.9. The third-order valence-corrected chi connectivity index (χ3v) is 3.70. The number of nitrogens with zero attached hydrogens (tertiary/aromatic N) is 3. The fraction of sp³-hybridized carbons (Fsp3) is 0.714. The van der Waals surface area contributed by atoms with Crippen LogP contribution in [0.5, 0.6) is 0 Å². The number of carbonyl (C=O) groups is 1. The SMILES string of the molecule is CCn1nc(C)cc1CC(=O)CN1CCC(N)CC1. The first-order valence-corrected chi connectivity index (χ1v) is 7.11. The van der Waals surface area contributed by atoms with Crippen LogP contribution in [0.4, 0.5) is 0 Å². The highest BCUT2D eigenvalue weighted by molar-refractivity contribution is 5.82. The topological polar surface area (TPSA) is 64.2 Å². The predicted molar refractivity (Wildman–Crippen MR) is 75.0 cm³/mol. The van der Waals surface area contributed by atoms with E-state index in [1.807, 2.05) is 24.6 Å². The fourth-order valence-electron chi connectivity index (χ4n) is 2.63. The summed E-state index contributed by atoms with van der Waals surface area (Å²) < 4.78 is 1.92. The summed E-state index contributed by atoms with van der Waals surface area (Å²) in [4.78, 5) is 14.3. The first-order chi connectivity index (χ1) is 9.08. The Morgan fingerprint density at radius 1 is 1.47 bits per heavy atom. The Hall–Kier alpha value is -1.20. The minimum absolute atomic E-state index is 0.269. The Bertz CT molecular complexity index is 433. The van der Waals surface area contributed by atoms with Gasteiger partial charge in [0.15, 0.2) is 5.78 Å². The summed E-state index contributed by atoms with van der Waals surface area (Å²) in [5, 5.41) is 4.37. The van der Waals surface area contributed by atoms with Crippen LogP contribution in [0.3, 0.4) is 0 Å². The van der Waals surface area contributed by atoms with Gasteiger partial charge in [0.05, 0.1) is 12.2 Å². The molecule has 19 heavy (non-hydrogen) atoms. The summed E-state index contributed by atoms with van der Waals surface area (Å²) in [5.41, 5.74) is 7.88. The van der Waals surface area contributed by atoms with E-state index in [1.54, 1.807) is 0 Å². The lowest BCUT2D eigenvalue weighted by molar-refractivity contribution is -0.119. The van der Waals surface area contributed by atoms with Crippen molar-refractivity contribution in [2.24, 2.45) is 5.73 Å². The second kappa shape index (κ2) is 6.30. The minimum atomic E-state index is 0.269. The molecule has 1 aromatic heterocycles. The van der Waals surface area contributed by atoms with Crippen molar-refractivity contribution in [1.82, 2.24) is 14.7 Å². The Morgan fingerprint density at radius 3 is 2.79 bits per heavy atom. The molecule has 2 heterocycles. The maximum atomic E-state index is 12.1. The van der Waals surface area contributed by atoms with Crippen molar-refractivity contribution < 1.29 is 4.79 Å². The van der Waals surface area contributed by atoms with Gasteiger partial charge in [-0.2, -0.15) is 5.10 Å². The zero-order chi connectivity index (χ0) is 13.8. The van der Waals surface area contributed by atoms with Crippen LogP contribution in [0, 0.1) is 6.92 Å². The van der Waals surface area contributed by atoms with Gasteiger partial charge in [-0.25, -0.2) is 0 Å². The number of likely N-dealkylation sites (tertiary alicyclic amines) is 1. The van der Waals surface area contributed by atoms with Gasteiger partial charge in [-0.15, -0.1) is 0 Å². The molecule has 0 unspecified atom stereocenters. The van der Waals surface area contributed by atoms with Crippen LogP contribution in [0.25, 0.3) is 0 Å². The van der Waals surface area contributed by atoms with Gasteiger partial charge in [0, 0.05) is 37.8 Å². The van der Waals surface area contributed by atoms with Gasteiger partial charge in [0.25, 0.3) is 0 Å². The van der Waals surface area contributed by atoms with Gasteiger partial charge in [-0.1, -0.05) is 0 Å². The maximum absolute atomic E-state index is 12.1. The Morgan fingerprint density at radius 2 is 2.16 bits per heavy atom. The molecule has 0 spiro atoms. The lowest BCUT2D eigenvalue weighted by Crippen LogP contribution is -2.42. The summed E-state index contributed by atoms with van der Waals surface area (Å²) in [6.07, 6.45) is 2.48. The van der Waals surface area contributed by atoms with Crippen LogP contribution in [0.2, 0.25) is 0 Å². The minimum Gasteiger partial charge on any atom is -0.328 e. The highest BCUT2D eigenvalue weighted by atomic mass is 16.1. The number of Topliss-reactive ketones (excluding diaryl/α,β-unsaturated/α-hetero) is 1. The molecule has 2 rings (SSSR count). The monoisotopic (exact) mass is 264 g/mol. The van der Waals surface area contributed by atoms with Crippen molar-refractivity contribution in [1.29, 1.82) is 0 Å². The Balaban J connectivity index is 1.87. The molecular weight excluding hydrogens is 240 g/mol. The first kappa shape index (κ1) is 14.2. The van der Waals surface area contributed by atoms with Gasteiger partial charge in [0.1, 0.15) is 0 Å². The zero-order valence-electron chi connectivity index (χ0n) is 11.9. The average Bonchev–Trinajstić information content (AvgIpc) is 2.72. The third kappa shape index (κ3) is 3.88. The first-order valence-electron chi connectivity index (χ1n) is 7.11. The smallest absolute Gasteiger partial charge is 0.152 e. The van der Waals surface area contributed by atoms with E-state index in [0.717, 1.165) is 43.9 Å². The Kier molecular flexibility index (Phi) is 4.71. The largest absolute Gasteiger partial charge is 0.328 e. The normalized spacial score (nSPS) is 17.8. The molecule has 0 aliphatic carbocycles. The highest BCUT2D eigenvalue weighted by Crippen LogP contribution is 2.10. The molecule has 1 aliphatic heterocycles. The predicted octanol–water partition coefficient (Wildman–Crippen LogP) is 0.746. The molecule has 0 atom stereocenters. The van der Waals surface area contributed by atoms with Crippen LogP contribution in [0.15, 0.2) is 6.07 Å². The number of hydrogen-bond acceptors (Lipinski definition) is 4. The molecular formula is C14H24N4O. The van der Waals surface area contributed by atoms with Gasteiger partial charge in [0.2, 0.25) is 0 Å². The molecule has 1 aromatic rings. The van der Waals surface area contributed by atoms with Gasteiger partial charge in [-0.05, 0) is 32.8 Å². The lowest BCUT2D eigenvalue weighted by atomic mass is 10.1. The fourth-order valence-corrected chi connectivity index (χ4v) is 2.63. The number of nitrogens with two attached hydrogens (primary N) is 1. The van der Waals surface area contributed by atoms with E-state index in [4.69, 9.17) is 5.73 Å². The van der Waals surface area contributed by atoms with Crippen molar-refractivity contribution in [2.45, 2.75) is 45.7 Å². The number of ketones is 1. The van der Waals surface area contributed by atoms with Crippen molar-refractivity contribution in [3.05, 3.63) is 17.5 Å². The van der Waals surface area contributed by atoms with E-state index >= 15 is 0 Å². The average molecular weight is 264 g/mol. The second-order valence-electron chi connectivity index (χ2n) is 5.42. The van der Waals surface area contributed by atoms with E-state index < -0.39 is 0 Å². The van der Waals surface area contributed by atoms with Crippen molar-refractivity contribution in [3.63, 3.8) is 0 Å². The molecule has 0 radical (unpaired) electrons. The van der Waals surface area contributed by atoms with E-state index in [0.29, 0.717) is 19.0 Å². The molecule has 106 valence electrons. The molecule has 1 fully saturated rings. The number of rotatable bonds is 5. The lowest BCUT2D eigenvalue weighted by Gasteiger charge is -2.29. The Labute approximate surface area is 114 Å². The molecule has 5 nitrogen and oxygen atoms in total. The van der Waals surface area contributed by atoms with Gasteiger partial charge < -0.3 is 5.73 Å². The number of aromatic nitrogens is 2. The standard InChI is InChI=1S/C14H24N4O/c1-3-18-13(8-11(2)16-18)9-14(19)10-17-6-4-12(15)5-7-17/h8,12H,3-7,9-10,15H2,1-2H3. The molecule has 1 saturated heterocycles. The number of aryl methyl sites for hydroxylation is 2. The van der Waals surface area contributed by atoms with E-state index in [9.17, 15) is 4.79 Å².